The van der Waals surface area contributed by atoms with Crippen molar-refractivity contribution in [2.75, 3.05) is 0 Å². The van der Waals surface area contributed by atoms with Crippen LogP contribution in [0, 0.1) is 5.92 Å². The van der Waals surface area contributed by atoms with Crippen LogP contribution in [-0.4, -0.2) is 33.9 Å². The Bertz CT molecular complexity index is 525. The molecule has 2 rings (SSSR count). The quantitative estimate of drug-likeness (QED) is 0.889. The molecular formula is C16H22N2O3. The first-order valence-electron chi connectivity index (χ1n) is 7.26. The summed E-state index contributed by atoms with van der Waals surface area (Å²) in [5.41, 5.74) is 0.935. The van der Waals surface area contributed by atoms with Crippen LogP contribution in [0.5, 0.6) is 5.75 Å². The fourth-order valence-corrected chi connectivity index (χ4v) is 2.55. The Balaban J connectivity index is 2.23. The molecule has 0 bridgehead atoms. The predicted molar refractivity (Wildman–Crippen MR) is 79.5 cm³/mol. The second-order valence-electron chi connectivity index (χ2n) is 5.97. The van der Waals surface area contributed by atoms with E-state index in [-0.39, 0.29) is 29.5 Å². The Labute approximate surface area is 125 Å². The van der Waals surface area contributed by atoms with Gasteiger partial charge in [0.2, 0.25) is 11.8 Å². The van der Waals surface area contributed by atoms with Crippen LogP contribution in [0.25, 0.3) is 0 Å². The average molecular weight is 290 g/mol. The number of hydrogen-bond acceptors (Lipinski definition) is 3. The number of nitrogens with one attached hydrogen (secondary N) is 1. The molecule has 0 aliphatic carbocycles. The minimum atomic E-state index is -0.473. The molecule has 2 atom stereocenters. The lowest BCUT2D eigenvalue weighted by molar-refractivity contribution is -0.136. The number of rotatable bonds is 3. The third kappa shape index (κ3) is 3.54. The molecule has 2 amide bonds. The summed E-state index contributed by atoms with van der Waals surface area (Å²) in [6.45, 7) is 6.19. The van der Waals surface area contributed by atoms with Gasteiger partial charge in [0.05, 0.1) is 0 Å². The summed E-state index contributed by atoms with van der Waals surface area (Å²) in [5, 5.41) is 12.1. The van der Waals surface area contributed by atoms with Crippen molar-refractivity contribution >= 4 is 11.8 Å². The van der Waals surface area contributed by atoms with Gasteiger partial charge in [-0.2, -0.15) is 0 Å². The first-order valence-corrected chi connectivity index (χ1v) is 7.26. The van der Waals surface area contributed by atoms with E-state index < -0.39 is 6.04 Å². The van der Waals surface area contributed by atoms with Crippen LogP contribution in [0.4, 0.5) is 0 Å². The Kier molecular flexibility index (Phi) is 4.50. The molecule has 0 spiro atoms. The molecule has 1 aliphatic heterocycles. The molecule has 21 heavy (non-hydrogen) atoms. The molecule has 1 aromatic carbocycles. The summed E-state index contributed by atoms with van der Waals surface area (Å²) in [6.07, 6.45) is 0.313. The van der Waals surface area contributed by atoms with Gasteiger partial charge in [-0.1, -0.05) is 26.0 Å². The Morgan fingerprint density at radius 2 is 1.90 bits per heavy atom. The van der Waals surface area contributed by atoms with E-state index in [2.05, 4.69) is 5.32 Å². The molecule has 0 saturated carbocycles. The van der Waals surface area contributed by atoms with Crippen LogP contribution >= 0.6 is 0 Å². The summed E-state index contributed by atoms with van der Waals surface area (Å²) in [6, 6.07) is 6.17. The van der Waals surface area contributed by atoms with Crippen molar-refractivity contribution < 1.29 is 14.7 Å². The number of amides is 2. The molecule has 5 heteroatoms. The lowest BCUT2D eigenvalue weighted by Gasteiger charge is -2.30. The van der Waals surface area contributed by atoms with Gasteiger partial charge in [-0.25, -0.2) is 0 Å². The fourth-order valence-electron chi connectivity index (χ4n) is 2.55. The smallest absolute Gasteiger partial charge is 0.245 e. The van der Waals surface area contributed by atoms with E-state index in [4.69, 9.17) is 0 Å². The highest BCUT2D eigenvalue weighted by Crippen LogP contribution is 2.19. The number of aromatic hydroxyl groups is 1. The highest BCUT2D eigenvalue weighted by Gasteiger charge is 2.35. The van der Waals surface area contributed by atoms with Crippen molar-refractivity contribution in [3.05, 3.63) is 29.8 Å². The van der Waals surface area contributed by atoms with Crippen LogP contribution in [0.15, 0.2) is 24.3 Å². The second kappa shape index (κ2) is 6.16. The SMILES string of the molecule is CC(C)C1NC(=O)CC(C)N(Cc2ccc(O)cc2)C1=O. The number of carbonyl (C=O) groups is 2. The van der Waals surface area contributed by atoms with Crippen molar-refractivity contribution in [2.45, 2.75) is 45.8 Å². The third-order valence-corrected chi connectivity index (χ3v) is 3.83. The summed E-state index contributed by atoms with van der Waals surface area (Å²) < 4.78 is 0. The molecule has 1 aromatic rings. The van der Waals surface area contributed by atoms with E-state index in [0.717, 1.165) is 5.56 Å². The molecular weight excluding hydrogens is 268 g/mol. The van der Waals surface area contributed by atoms with E-state index in [9.17, 15) is 14.7 Å². The van der Waals surface area contributed by atoms with Gasteiger partial charge in [0.15, 0.2) is 0 Å². The maximum absolute atomic E-state index is 12.7. The van der Waals surface area contributed by atoms with Gasteiger partial charge in [-0.3, -0.25) is 9.59 Å². The molecule has 5 nitrogen and oxygen atoms in total. The zero-order chi connectivity index (χ0) is 15.6. The van der Waals surface area contributed by atoms with Crippen molar-refractivity contribution in [1.82, 2.24) is 10.2 Å². The molecule has 2 unspecified atom stereocenters. The van der Waals surface area contributed by atoms with Gasteiger partial charge in [0.1, 0.15) is 11.8 Å². The fraction of sp³-hybridized carbons (Fsp3) is 0.500. The van der Waals surface area contributed by atoms with E-state index in [1.807, 2.05) is 20.8 Å². The van der Waals surface area contributed by atoms with E-state index in [1.165, 1.54) is 0 Å². The van der Waals surface area contributed by atoms with Gasteiger partial charge in [-0.05, 0) is 30.5 Å². The average Bonchev–Trinajstić information content (AvgIpc) is 2.52. The van der Waals surface area contributed by atoms with Gasteiger partial charge in [-0.15, -0.1) is 0 Å². The molecule has 1 aliphatic rings. The van der Waals surface area contributed by atoms with Crippen LogP contribution in [0.3, 0.4) is 0 Å². The van der Waals surface area contributed by atoms with Crippen LogP contribution in [0.2, 0.25) is 0 Å². The number of benzene rings is 1. The predicted octanol–water partition coefficient (Wildman–Crippen LogP) is 1.65. The van der Waals surface area contributed by atoms with E-state index in [1.54, 1.807) is 29.2 Å². The Hall–Kier alpha value is -2.04. The van der Waals surface area contributed by atoms with Crippen molar-refractivity contribution in [1.29, 1.82) is 0 Å². The number of phenols is 1. The van der Waals surface area contributed by atoms with Gasteiger partial charge < -0.3 is 15.3 Å². The first kappa shape index (κ1) is 15.4. The van der Waals surface area contributed by atoms with Gasteiger partial charge in [0, 0.05) is 19.0 Å². The lowest BCUT2D eigenvalue weighted by Crippen LogP contribution is -2.48. The highest BCUT2D eigenvalue weighted by molar-refractivity contribution is 5.90. The molecule has 1 saturated heterocycles. The van der Waals surface area contributed by atoms with Crippen molar-refractivity contribution in [3.8, 4) is 5.75 Å². The van der Waals surface area contributed by atoms with E-state index in [0.29, 0.717) is 13.0 Å². The zero-order valence-electron chi connectivity index (χ0n) is 12.7. The van der Waals surface area contributed by atoms with E-state index >= 15 is 0 Å². The van der Waals surface area contributed by atoms with Gasteiger partial charge in [0.25, 0.3) is 0 Å². The highest BCUT2D eigenvalue weighted by atomic mass is 16.3. The van der Waals surface area contributed by atoms with Crippen LogP contribution in [-0.2, 0) is 16.1 Å². The maximum Gasteiger partial charge on any atom is 0.245 e. The number of phenolic OH excluding ortho intramolecular Hbond substituents is 1. The summed E-state index contributed by atoms with van der Waals surface area (Å²) >= 11 is 0. The number of nitrogens with zero attached hydrogens (tertiary/aromatic N) is 1. The summed E-state index contributed by atoms with van der Waals surface area (Å²) in [7, 11) is 0. The molecule has 114 valence electrons. The standard InChI is InChI=1S/C16H22N2O3/c1-10(2)15-16(21)18(11(3)8-14(20)17-15)9-12-4-6-13(19)7-5-12/h4-7,10-11,15,19H,8-9H2,1-3H3,(H,17,20). The minimum Gasteiger partial charge on any atom is -0.508 e. The summed E-state index contributed by atoms with van der Waals surface area (Å²) in [4.78, 5) is 26.3. The van der Waals surface area contributed by atoms with Crippen LogP contribution < -0.4 is 5.32 Å². The molecule has 2 N–H and O–H groups in total. The van der Waals surface area contributed by atoms with Crippen molar-refractivity contribution in [3.63, 3.8) is 0 Å². The molecule has 1 heterocycles. The number of carbonyl (C=O) groups excluding carboxylic acids is 2. The first-order chi connectivity index (χ1) is 9.88. The second-order valence-corrected chi connectivity index (χ2v) is 5.97. The zero-order valence-corrected chi connectivity index (χ0v) is 12.7. The molecule has 0 radical (unpaired) electrons. The molecule has 1 fully saturated rings. The van der Waals surface area contributed by atoms with Crippen LogP contribution in [0.1, 0.15) is 32.8 Å². The maximum atomic E-state index is 12.7. The normalized spacial score (nSPS) is 23.1. The Morgan fingerprint density at radius 1 is 1.29 bits per heavy atom. The van der Waals surface area contributed by atoms with Gasteiger partial charge >= 0.3 is 0 Å². The third-order valence-electron chi connectivity index (χ3n) is 3.83. The molecule has 0 aromatic heterocycles. The summed E-state index contributed by atoms with van der Waals surface area (Å²) in [5.74, 6) is 0.124. The monoisotopic (exact) mass is 290 g/mol. The number of hydrogen-bond donors (Lipinski definition) is 2. The Morgan fingerprint density at radius 3 is 2.48 bits per heavy atom. The minimum absolute atomic E-state index is 0.0450. The van der Waals surface area contributed by atoms with Crippen molar-refractivity contribution in [2.24, 2.45) is 5.92 Å². The largest absolute Gasteiger partial charge is 0.508 e. The lowest BCUT2D eigenvalue weighted by atomic mass is 10.0. The topological polar surface area (TPSA) is 69.6 Å².